The summed E-state index contributed by atoms with van der Waals surface area (Å²) in [6.45, 7) is 3.00. The van der Waals surface area contributed by atoms with E-state index in [4.69, 9.17) is 15.2 Å². The average molecular weight is 242 g/mol. The Hall–Kier alpha value is -0.650. The van der Waals surface area contributed by atoms with Crippen LogP contribution in [0.1, 0.15) is 25.7 Å². The Bertz CT molecular complexity index is 254. The van der Waals surface area contributed by atoms with E-state index in [0.717, 1.165) is 38.8 Å². The maximum absolute atomic E-state index is 11.8. The summed E-state index contributed by atoms with van der Waals surface area (Å²) in [5.41, 5.74) is 5.84. The Morgan fingerprint density at radius 1 is 1.41 bits per heavy atom. The van der Waals surface area contributed by atoms with E-state index in [1.165, 1.54) is 0 Å². The molecule has 0 spiro atoms. The van der Waals surface area contributed by atoms with E-state index >= 15 is 0 Å². The van der Waals surface area contributed by atoms with Crippen molar-refractivity contribution in [1.82, 2.24) is 4.90 Å². The van der Waals surface area contributed by atoms with E-state index in [-0.39, 0.29) is 24.7 Å². The highest BCUT2D eigenvalue weighted by atomic mass is 16.5. The van der Waals surface area contributed by atoms with Crippen molar-refractivity contribution in [2.75, 3.05) is 32.9 Å². The normalized spacial score (nSPS) is 29.6. The molecule has 5 nitrogen and oxygen atoms in total. The summed E-state index contributed by atoms with van der Waals surface area (Å²) in [6, 6.07) is 0.130. The smallest absolute Gasteiger partial charge is 0.248 e. The van der Waals surface area contributed by atoms with Gasteiger partial charge in [-0.05, 0) is 25.7 Å². The number of amides is 1. The van der Waals surface area contributed by atoms with Gasteiger partial charge in [-0.15, -0.1) is 0 Å². The minimum absolute atomic E-state index is 0.0538. The molecule has 0 saturated carbocycles. The topological polar surface area (TPSA) is 64.8 Å². The fraction of sp³-hybridized carbons (Fsp3) is 0.917. The van der Waals surface area contributed by atoms with E-state index in [1.807, 2.05) is 4.90 Å². The Balaban J connectivity index is 1.62. The van der Waals surface area contributed by atoms with Crippen LogP contribution in [0.15, 0.2) is 0 Å². The van der Waals surface area contributed by atoms with Crippen LogP contribution in [0.4, 0.5) is 0 Å². The van der Waals surface area contributed by atoms with Crippen LogP contribution in [0.3, 0.4) is 0 Å². The molecule has 2 saturated heterocycles. The SMILES string of the molecule is N[C@H]1CCCN(C(=O)COC[C@H]2CCCO2)C1. The zero-order chi connectivity index (χ0) is 12.1. The van der Waals surface area contributed by atoms with Crippen LogP contribution in [0.2, 0.25) is 0 Å². The highest BCUT2D eigenvalue weighted by Crippen LogP contribution is 2.12. The summed E-state index contributed by atoms with van der Waals surface area (Å²) in [5.74, 6) is 0.0538. The van der Waals surface area contributed by atoms with Gasteiger partial charge in [-0.2, -0.15) is 0 Å². The minimum Gasteiger partial charge on any atom is -0.376 e. The van der Waals surface area contributed by atoms with E-state index in [1.54, 1.807) is 0 Å². The maximum Gasteiger partial charge on any atom is 0.248 e. The first-order valence-electron chi connectivity index (χ1n) is 6.48. The Labute approximate surface area is 102 Å². The van der Waals surface area contributed by atoms with Crippen molar-refractivity contribution in [1.29, 1.82) is 0 Å². The van der Waals surface area contributed by atoms with Crippen LogP contribution in [0, 0.1) is 0 Å². The highest BCUT2D eigenvalue weighted by Gasteiger charge is 2.22. The molecule has 2 rings (SSSR count). The summed E-state index contributed by atoms with van der Waals surface area (Å²) in [7, 11) is 0. The number of rotatable bonds is 4. The first-order chi connectivity index (χ1) is 8.25. The van der Waals surface area contributed by atoms with Crippen LogP contribution in [0.25, 0.3) is 0 Å². The first kappa shape index (κ1) is 12.8. The molecule has 0 aliphatic carbocycles. The van der Waals surface area contributed by atoms with Gasteiger partial charge < -0.3 is 20.1 Å². The largest absolute Gasteiger partial charge is 0.376 e. The van der Waals surface area contributed by atoms with Gasteiger partial charge in [0, 0.05) is 25.7 Å². The number of likely N-dealkylation sites (tertiary alicyclic amines) is 1. The van der Waals surface area contributed by atoms with Gasteiger partial charge in [0.25, 0.3) is 0 Å². The lowest BCUT2D eigenvalue weighted by molar-refractivity contribution is -0.138. The van der Waals surface area contributed by atoms with Gasteiger partial charge in [0.2, 0.25) is 5.91 Å². The van der Waals surface area contributed by atoms with Gasteiger partial charge in [0.1, 0.15) is 6.61 Å². The lowest BCUT2D eigenvalue weighted by Gasteiger charge is -2.30. The molecule has 2 heterocycles. The Morgan fingerprint density at radius 3 is 3.00 bits per heavy atom. The van der Waals surface area contributed by atoms with Gasteiger partial charge in [-0.25, -0.2) is 0 Å². The maximum atomic E-state index is 11.8. The van der Waals surface area contributed by atoms with Crippen LogP contribution >= 0.6 is 0 Å². The van der Waals surface area contributed by atoms with Crippen LogP contribution in [-0.2, 0) is 14.3 Å². The number of ether oxygens (including phenoxy) is 2. The highest BCUT2D eigenvalue weighted by molar-refractivity contribution is 5.77. The Morgan fingerprint density at radius 2 is 2.29 bits per heavy atom. The van der Waals surface area contributed by atoms with Crippen LogP contribution in [0.5, 0.6) is 0 Å². The second-order valence-corrected chi connectivity index (χ2v) is 4.89. The van der Waals surface area contributed by atoms with Crippen molar-refractivity contribution >= 4 is 5.91 Å². The summed E-state index contributed by atoms with van der Waals surface area (Å²) in [6.07, 6.45) is 4.34. The minimum atomic E-state index is 0.0538. The van der Waals surface area contributed by atoms with E-state index in [0.29, 0.717) is 13.2 Å². The molecule has 0 radical (unpaired) electrons. The molecule has 0 unspecified atom stereocenters. The molecule has 17 heavy (non-hydrogen) atoms. The lowest BCUT2D eigenvalue weighted by atomic mass is 10.1. The van der Waals surface area contributed by atoms with Crippen molar-refractivity contribution < 1.29 is 14.3 Å². The van der Waals surface area contributed by atoms with Crippen molar-refractivity contribution in [3.05, 3.63) is 0 Å². The molecule has 2 aliphatic heterocycles. The molecule has 1 amide bonds. The van der Waals surface area contributed by atoms with Gasteiger partial charge in [-0.1, -0.05) is 0 Å². The molecule has 0 aromatic carbocycles. The predicted molar refractivity (Wildman–Crippen MR) is 63.6 cm³/mol. The summed E-state index contributed by atoms with van der Waals surface area (Å²) in [4.78, 5) is 13.6. The third kappa shape index (κ3) is 3.94. The van der Waals surface area contributed by atoms with E-state index in [2.05, 4.69) is 0 Å². The first-order valence-corrected chi connectivity index (χ1v) is 6.48. The van der Waals surface area contributed by atoms with Crippen molar-refractivity contribution in [3.63, 3.8) is 0 Å². The number of nitrogens with two attached hydrogens (primary N) is 1. The number of carbonyl (C=O) groups excluding carboxylic acids is 1. The third-order valence-electron chi connectivity index (χ3n) is 3.36. The standard InChI is InChI=1S/C12H22N2O3/c13-10-3-1-5-14(7-10)12(15)9-16-8-11-4-2-6-17-11/h10-11H,1-9,13H2/t10-,11+/m0/s1. The van der Waals surface area contributed by atoms with Gasteiger partial charge >= 0.3 is 0 Å². The second kappa shape index (κ2) is 6.33. The monoisotopic (exact) mass is 242 g/mol. The fourth-order valence-electron chi connectivity index (χ4n) is 2.38. The van der Waals surface area contributed by atoms with Crippen LogP contribution < -0.4 is 5.73 Å². The third-order valence-corrected chi connectivity index (χ3v) is 3.36. The molecule has 2 atom stereocenters. The molecule has 2 N–H and O–H groups in total. The summed E-state index contributed by atoms with van der Waals surface area (Å²) < 4.78 is 10.8. The number of piperidine rings is 1. The quantitative estimate of drug-likeness (QED) is 0.761. The van der Waals surface area contributed by atoms with E-state index in [9.17, 15) is 4.79 Å². The second-order valence-electron chi connectivity index (χ2n) is 4.89. The fourth-order valence-corrected chi connectivity index (χ4v) is 2.38. The number of hydrogen-bond acceptors (Lipinski definition) is 4. The molecule has 2 fully saturated rings. The number of hydrogen-bond donors (Lipinski definition) is 1. The average Bonchev–Trinajstić information content (AvgIpc) is 2.82. The molecular formula is C12H22N2O3. The molecule has 0 aromatic rings. The van der Waals surface area contributed by atoms with E-state index < -0.39 is 0 Å². The summed E-state index contributed by atoms with van der Waals surface area (Å²) in [5, 5.41) is 0. The molecule has 0 bridgehead atoms. The Kier molecular flexibility index (Phi) is 4.76. The molecule has 5 heteroatoms. The molecule has 0 aromatic heterocycles. The zero-order valence-electron chi connectivity index (χ0n) is 10.3. The van der Waals surface area contributed by atoms with Crippen molar-refractivity contribution in [2.45, 2.75) is 37.8 Å². The lowest BCUT2D eigenvalue weighted by Crippen LogP contribution is -2.47. The molecular weight excluding hydrogens is 220 g/mol. The van der Waals surface area contributed by atoms with Gasteiger partial charge in [0.05, 0.1) is 12.7 Å². The molecule has 2 aliphatic rings. The predicted octanol–water partition coefficient (Wildman–Crippen LogP) is 0.132. The zero-order valence-corrected chi connectivity index (χ0v) is 10.3. The van der Waals surface area contributed by atoms with Gasteiger partial charge in [-0.3, -0.25) is 4.79 Å². The van der Waals surface area contributed by atoms with Crippen LogP contribution in [-0.4, -0.2) is 55.9 Å². The van der Waals surface area contributed by atoms with Crippen molar-refractivity contribution in [3.8, 4) is 0 Å². The van der Waals surface area contributed by atoms with Crippen molar-refractivity contribution in [2.24, 2.45) is 5.73 Å². The summed E-state index contributed by atoms with van der Waals surface area (Å²) >= 11 is 0. The number of carbonyl (C=O) groups is 1. The number of nitrogens with zero attached hydrogens (tertiary/aromatic N) is 1. The molecule has 98 valence electrons. The van der Waals surface area contributed by atoms with Gasteiger partial charge in [0.15, 0.2) is 0 Å².